The molecule has 4 fully saturated rings. The number of nitrogens with one attached hydrogen (secondary N) is 3. The van der Waals surface area contributed by atoms with Crippen molar-refractivity contribution in [1.29, 1.82) is 0 Å². The van der Waals surface area contributed by atoms with Crippen LogP contribution < -0.4 is 16.2 Å². The van der Waals surface area contributed by atoms with Gasteiger partial charge in [0.2, 0.25) is 17.8 Å². The summed E-state index contributed by atoms with van der Waals surface area (Å²) < 4.78 is 1.18. The van der Waals surface area contributed by atoms with E-state index in [1.807, 2.05) is 13.8 Å². The number of anilines is 1. The van der Waals surface area contributed by atoms with Crippen LogP contribution in [0.25, 0.3) is 5.78 Å². The highest BCUT2D eigenvalue weighted by Gasteiger charge is 2.55. The van der Waals surface area contributed by atoms with Gasteiger partial charge in [-0.15, -0.1) is 0 Å². The Morgan fingerprint density at radius 1 is 1.13 bits per heavy atom. The van der Waals surface area contributed by atoms with Crippen molar-refractivity contribution in [1.82, 2.24) is 24.9 Å². The molecule has 6 rings (SSSR count). The Balaban J connectivity index is 1.33. The van der Waals surface area contributed by atoms with Crippen LogP contribution in [-0.2, 0) is 9.59 Å². The van der Waals surface area contributed by atoms with Crippen molar-refractivity contribution in [3.63, 3.8) is 0 Å². The standard InChI is InChI=1S/C22H30N6O3/c1-11(2)17(18(30)25-20-26-21-23-12(3)4-16(29)28(21)27-20)24-19(31)22-8-13-5-14(9-22)7-15(6-13)10-22/h4,11,13-15,17H,5-10H2,1-3H3,(H,24,31)(H2,23,25,26,27,30)/t13?,14?,15?,17-,22?/m0/s1. The number of aromatic nitrogens is 4. The first kappa shape index (κ1) is 20.2. The van der Waals surface area contributed by atoms with E-state index in [9.17, 15) is 14.4 Å². The van der Waals surface area contributed by atoms with Crippen LogP contribution in [0.1, 0.15) is 58.1 Å². The highest BCUT2D eigenvalue weighted by molar-refractivity contribution is 5.97. The number of aryl methyl sites for hydroxylation is 1. The Morgan fingerprint density at radius 3 is 2.32 bits per heavy atom. The van der Waals surface area contributed by atoms with Crippen molar-refractivity contribution in [2.24, 2.45) is 29.1 Å². The Labute approximate surface area is 180 Å². The van der Waals surface area contributed by atoms with Gasteiger partial charge >= 0.3 is 0 Å². The summed E-state index contributed by atoms with van der Waals surface area (Å²) in [5, 5.41) is 8.55. The van der Waals surface area contributed by atoms with Gasteiger partial charge in [-0.05, 0) is 69.1 Å². The van der Waals surface area contributed by atoms with Gasteiger partial charge in [-0.1, -0.05) is 13.8 Å². The smallest absolute Gasteiger partial charge is 0.274 e. The molecule has 0 spiro atoms. The molecule has 2 aromatic rings. The van der Waals surface area contributed by atoms with Gasteiger partial charge in [-0.2, -0.15) is 9.50 Å². The molecule has 4 saturated carbocycles. The van der Waals surface area contributed by atoms with Gasteiger partial charge < -0.3 is 5.32 Å². The third-order valence-corrected chi connectivity index (χ3v) is 7.46. The third kappa shape index (κ3) is 3.53. The first-order valence-corrected chi connectivity index (χ1v) is 11.3. The van der Waals surface area contributed by atoms with E-state index in [2.05, 4.69) is 25.7 Å². The number of hydrogen-bond acceptors (Lipinski definition) is 5. The summed E-state index contributed by atoms with van der Waals surface area (Å²) in [6.45, 7) is 5.54. The normalized spacial score (nSPS) is 30.0. The monoisotopic (exact) mass is 426 g/mol. The SMILES string of the molecule is Cc1cc(=O)n2[nH]c(NC(=O)[C@@H](NC(=O)C34CC5CC(CC(C5)C3)C4)C(C)C)nc2n1. The lowest BCUT2D eigenvalue weighted by atomic mass is 9.49. The number of amides is 2. The molecule has 2 amide bonds. The molecule has 0 aromatic carbocycles. The van der Waals surface area contributed by atoms with Crippen LogP contribution in [0.2, 0.25) is 0 Å². The molecule has 2 aromatic heterocycles. The van der Waals surface area contributed by atoms with E-state index in [0.717, 1.165) is 19.3 Å². The van der Waals surface area contributed by atoms with Crippen molar-refractivity contribution in [3.8, 4) is 0 Å². The third-order valence-electron chi connectivity index (χ3n) is 7.46. The lowest BCUT2D eigenvalue weighted by molar-refractivity contribution is -0.148. The molecule has 0 radical (unpaired) electrons. The van der Waals surface area contributed by atoms with Crippen LogP contribution in [0.4, 0.5) is 5.95 Å². The maximum atomic E-state index is 13.4. The van der Waals surface area contributed by atoms with Crippen molar-refractivity contribution in [2.45, 2.75) is 65.3 Å². The maximum Gasteiger partial charge on any atom is 0.274 e. The Hall–Kier alpha value is -2.71. The van der Waals surface area contributed by atoms with Crippen molar-refractivity contribution >= 4 is 23.5 Å². The van der Waals surface area contributed by atoms with Gasteiger partial charge in [-0.3, -0.25) is 24.8 Å². The topological polar surface area (TPSA) is 121 Å². The molecular formula is C22H30N6O3. The minimum atomic E-state index is -0.680. The number of carbonyl (C=O) groups is 2. The molecule has 31 heavy (non-hydrogen) atoms. The van der Waals surface area contributed by atoms with Crippen LogP contribution in [-0.4, -0.2) is 37.4 Å². The number of H-pyrrole nitrogens is 1. The van der Waals surface area contributed by atoms with Crippen LogP contribution in [0, 0.1) is 36.0 Å². The van der Waals surface area contributed by atoms with Crippen LogP contribution in [0.15, 0.2) is 10.9 Å². The highest BCUT2D eigenvalue weighted by Crippen LogP contribution is 2.60. The number of fused-ring (bicyclic) bond motifs is 1. The van der Waals surface area contributed by atoms with E-state index in [4.69, 9.17) is 0 Å². The molecule has 0 saturated heterocycles. The quantitative estimate of drug-likeness (QED) is 0.675. The first-order chi connectivity index (χ1) is 14.7. The zero-order valence-corrected chi connectivity index (χ0v) is 18.3. The first-order valence-electron chi connectivity index (χ1n) is 11.3. The lowest BCUT2D eigenvalue weighted by Gasteiger charge is -2.55. The highest BCUT2D eigenvalue weighted by atomic mass is 16.2. The molecule has 4 bridgehead atoms. The second-order valence-electron chi connectivity index (χ2n) is 10.3. The molecule has 4 aliphatic carbocycles. The van der Waals surface area contributed by atoms with Crippen LogP contribution >= 0.6 is 0 Å². The van der Waals surface area contributed by atoms with Crippen LogP contribution in [0.3, 0.4) is 0 Å². The van der Waals surface area contributed by atoms with Gasteiger partial charge in [0, 0.05) is 17.2 Å². The fourth-order valence-electron chi connectivity index (χ4n) is 6.46. The average Bonchev–Trinajstić information content (AvgIpc) is 3.07. The molecule has 9 nitrogen and oxygen atoms in total. The zero-order valence-electron chi connectivity index (χ0n) is 18.3. The van der Waals surface area contributed by atoms with E-state index in [1.54, 1.807) is 6.92 Å². The Morgan fingerprint density at radius 2 is 1.74 bits per heavy atom. The summed E-state index contributed by atoms with van der Waals surface area (Å²) >= 11 is 0. The van der Waals surface area contributed by atoms with Gasteiger partial charge in [-0.25, -0.2) is 4.98 Å². The Bertz CT molecular complexity index is 1070. The largest absolute Gasteiger partial charge is 0.344 e. The number of nitrogens with zero attached hydrogens (tertiary/aromatic N) is 3. The summed E-state index contributed by atoms with van der Waals surface area (Å²) in [5.41, 5.74) is -0.0562. The molecule has 9 heteroatoms. The lowest BCUT2D eigenvalue weighted by Crippen LogP contribution is -2.57. The van der Waals surface area contributed by atoms with Crippen LogP contribution in [0.5, 0.6) is 0 Å². The molecule has 4 aliphatic rings. The molecule has 166 valence electrons. The van der Waals surface area contributed by atoms with E-state index < -0.39 is 6.04 Å². The number of aromatic amines is 1. The summed E-state index contributed by atoms with van der Waals surface area (Å²) in [7, 11) is 0. The predicted molar refractivity (Wildman–Crippen MR) is 114 cm³/mol. The molecule has 0 unspecified atom stereocenters. The van der Waals surface area contributed by atoms with Gasteiger partial charge in [0.25, 0.3) is 11.3 Å². The summed E-state index contributed by atoms with van der Waals surface area (Å²) in [6, 6.07) is 0.708. The minimum absolute atomic E-state index is 0.0265. The number of hydrogen-bond donors (Lipinski definition) is 3. The van der Waals surface area contributed by atoms with E-state index in [1.165, 1.54) is 29.8 Å². The number of rotatable bonds is 5. The van der Waals surface area contributed by atoms with Crippen molar-refractivity contribution in [3.05, 3.63) is 22.1 Å². The van der Waals surface area contributed by atoms with E-state index in [0.29, 0.717) is 23.4 Å². The fourth-order valence-corrected chi connectivity index (χ4v) is 6.46. The van der Waals surface area contributed by atoms with Gasteiger partial charge in [0.05, 0.1) is 0 Å². The Kier molecular flexibility index (Phi) is 4.67. The van der Waals surface area contributed by atoms with Crippen molar-refractivity contribution in [2.75, 3.05) is 5.32 Å². The maximum absolute atomic E-state index is 13.4. The van der Waals surface area contributed by atoms with Gasteiger partial charge in [0.15, 0.2) is 0 Å². The molecule has 1 atom stereocenters. The molecule has 3 N–H and O–H groups in total. The predicted octanol–water partition coefficient (Wildman–Crippen LogP) is 2.02. The summed E-state index contributed by atoms with van der Waals surface area (Å²) in [4.78, 5) is 46.9. The zero-order chi connectivity index (χ0) is 21.9. The molecule has 2 heterocycles. The minimum Gasteiger partial charge on any atom is -0.344 e. The summed E-state index contributed by atoms with van der Waals surface area (Å²) in [6.07, 6.45) is 6.65. The fraction of sp³-hybridized carbons (Fsp3) is 0.682. The second kappa shape index (κ2) is 7.17. The number of carbonyl (C=O) groups excluding carboxylic acids is 2. The summed E-state index contributed by atoms with van der Waals surface area (Å²) in [5.74, 6) is 1.89. The van der Waals surface area contributed by atoms with Crippen molar-refractivity contribution < 1.29 is 9.59 Å². The molecule has 0 aliphatic heterocycles. The van der Waals surface area contributed by atoms with Gasteiger partial charge in [0.1, 0.15) is 6.04 Å². The van der Waals surface area contributed by atoms with E-state index in [-0.39, 0.29) is 40.4 Å². The molecular weight excluding hydrogens is 396 g/mol. The average molecular weight is 427 g/mol. The second-order valence-corrected chi connectivity index (χ2v) is 10.3. The van der Waals surface area contributed by atoms with E-state index >= 15 is 0 Å².